The van der Waals surface area contributed by atoms with E-state index in [1.807, 2.05) is 31.2 Å². The highest BCUT2D eigenvalue weighted by atomic mass is 32.2. The summed E-state index contributed by atoms with van der Waals surface area (Å²) in [4.78, 5) is 23.8. The number of carbonyl (C=O) groups excluding carboxylic acids is 2. The Kier molecular flexibility index (Phi) is 4.25. The van der Waals surface area contributed by atoms with Crippen molar-refractivity contribution in [2.75, 3.05) is 5.75 Å². The molecule has 18 heavy (non-hydrogen) atoms. The van der Waals surface area contributed by atoms with E-state index in [1.165, 1.54) is 17.3 Å². The van der Waals surface area contributed by atoms with Crippen LogP contribution in [0.2, 0.25) is 0 Å². The highest BCUT2D eigenvalue weighted by Crippen LogP contribution is 2.19. The molecule has 0 radical (unpaired) electrons. The SMILES string of the molecule is Cc1ccc(SCC(=O)NC(=O)NC2CC2)cc1. The van der Waals surface area contributed by atoms with Gasteiger partial charge in [0.25, 0.3) is 0 Å². The molecular formula is C13H16N2O2S. The Morgan fingerprint density at radius 1 is 1.28 bits per heavy atom. The molecule has 1 saturated carbocycles. The largest absolute Gasteiger partial charge is 0.335 e. The molecule has 1 aromatic rings. The van der Waals surface area contributed by atoms with Gasteiger partial charge in [0, 0.05) is 10.9 Å². The highest BCUT2D eigenvalue weighted by molar-refractivity contribution is 8.00. The maximum atomic E-state index is 11.5. The monoisotopic (exact) mass is 264 g/mol. The summed E-state index contributed by atoms with van der Waals surface area (Å²) in [6.45, 7) is 2.02. The van der Waals surface area contributed by atoms with E-state index in [9.17, 15) is 9.59 Å². The number of amides is 3. The van der Waals surface area contributed by atoms with Crippen molar-refractivity contribution >= 4 is 23.7 Å². The van der Waals surface area contributed by atoms with Gasteiger partial charge in [0.1, 0.15) is 0 Å². The van der Waals surface area contributed by atoms with Gasteiger partial charge in [-0.2, -0.15) is 0 Å². The van der Waals surface area contributed by atoms with Crippen molar-refractivity contribution in [3.63, 3.8) is 0 Å². The fraction of sp³-hybridized carbons (Fsp3) is 0.385. The standard InChI is InChI=1S/C13H16N2O2S/c1-9-2-6-11(7-3-9)18-8-12(16)15-13(17)14-10-4-5-10/h2-3,6-7,10H,4-5,8H2,1H3,(H2,14,15,16,17). The molecule has 3 amide bonds. The highest BCUT2D eigenvalue weighted by Gasteiger charge is 2.23. The van der Waals surface area contributed by atoms with Crippen molar-refractivity contribution < 1.29 is 9.59 Å². The first-order valence-electron chi connectivity index (χ1n) is 5.93. The lowest BCUT2D eigenvalue weighted by atomic mass is 10.2. The van der Waals surface area contributed by atoms with E-state index < -0.39 is 0 Å². The van der Waals surface area contributed by atoms with Crippen LogP contribution in [0.1, 0.15) is 18.4 Å². The number of imide groups is 1. The smallest absolute Gasteiger partial charge is 0.321 e. The van der Waals surface area contributed by atoms with Gasteiger partial charge in [0.05, 0.1) is 5.75 Å². The molecule has 0 aromatic heterocycles. The number of rotatable bonds is 4. The fourth-order valence-electron chi connectivity index (χ4n) is 1.40. The zero-order valence-electron chi connectivity index (χ0n) is 10.2. The van der Waals surface area contributed by atoms with Crippen LogP contribution < -0.4 is 10.6 Å². The molecule has 0 spiro atoms. The second kappa shape index (κ2) is 5.91. The molecule has 0 heterocycles. The molecule has 0 bridgehead atoms. The fourth-order valence-corrected chi connectivity index (χ4v) is 2.09. The lowest BCUT2D eigenvalue weighted by Gasteiger charge is -2.05. The first-order valence-corrected chi connectivity index (χ1v) is 6.92. The van der Waals surface area contributed by atoms with Crippen LogP contribution in [-0.2, 0) is 4.79 Å². The molecule has 1 aliphatic rings. The van der Waals surface area contributed by atoms with Crippen molar-refractivity contribution in [2.45, 2.75) is 30.7 Å². The minimum atomic E-state index is -0.382. The van der Waals surface area contributed by atoms with Crippen molar-refractivity contribution in [2.24, 2.45) is 0 Å². The van der Waals surface area contributed by atoms with Gasteiger partial charge < -0.3 is 5.32 Å². The maximum absolute atomic E-state index is 11.5. The van der Waals surface area contributed by atoms with Gasteiger partial charge >= 0.3 is 6.03 Å². The van der Waals surface area contributed by atoms with Crippen LogP contribution in [0.3, 0.4) is 0 Å². The van der Waals surface area contributed by atoms with Gasteiger partial charge in [-0.15, -0.1) is 11.8 Å². The van der Waals surface area contributed by atoms with Gasteiger partial charge in [-0.1, -0.05) is 17.7 Å². The molecule has 1 aliphatic carbocycles. The zero-order chi connectivity index (χ0) is 13.0. The van der Waals surface area contributed by atoms with Crippen LogP contribution >= 0.6 is 11.8 Å². The average molecular weight is 264 g/mol. The summed E-state index contributed by atoms with van der Waals surface area (Å²) in [7, 11) is 0. The Morgan fingerprint density at radius 2 is 1.94 bits per heavy atom. The summed E-state index contributed by atoms with van der Waals surface area (Å²) in [5.41, 5.74) is 1.19. The van der Waals surface area contributed by atoms with Gasteiger partial charge in [-0.05, 0) is 31.9 Å². The van der Waals surface area contributed by atoms with E-state index in [0.29, 0.717) is 0 Å². The van der Waals surface area contributed by atoms with Crippen LogP contribution in [0.25, 0.3) is 0 Å². The average Bonchev–Trinajstić information content (AvgIpc) is 3.12. The summed E-state index contributed by atoms with van der Waals surface area (Å²) in [5, 5.41) is 5.03. The number of hydrogen-bond donors (Lipinski definition) is 2. The second-order valence-corrected chi connectivity index (χ2v) is 5.45. The molecule has 0 unspecified atom stereocenters. The number of urea groups is 1. The van der Waals surface area contributed by atoms with Crippen LogP contribution in [-0.4, -0.2) is 23.7 Å². The lowest BCUT2D eigenvalue weighted by molar-refractivity contribution is -0.117. The third-order valence-corrected chi connectivity index (χ3v) is 3.57. The van der Waals surface area contributed by atoms with Gasteiger partial charge in [0.15, 0.2) is 0 Å². The van der Waals surface area contributed by atoms with E-state index in [1.54, 1.807) is 0 Å². The number of thioether (sulfide) groups is 1. The van der Waals surface area contributed by atoms with Crippen LogP contribution in [0, 0.1) is 6.92 Å². The summed E-state index contributed by atoms with van der Waals surface area (Å²) in [5.74, 6) is -0.0139. The van der Waals surface area contributed by atoms with Crippen molar-refractivity contribution in [3.05, 3.63) is 29.8 Å². The molecule has 2 rings (SSSR count). The lowest BCUT2D eigenvalue weighted by Crippen LogP contribution is -2.41. The van der Waals surface area contributed by atoms with E-state index >= 15 is 0 Å². The Hall–Kier alpha value is -1.49. The Labute approximate surface area is 111 Å². The summed E-state index contributed by atoms with van der Waals surface area (Å²) >= 11 is 1.42. The number of aryl methyl sites for hydroxylation is 1. The Bertz CT molecular complexity index is 441. The number of nitrogens with one attached hydrogen (secondary N) is 2. The quantitative estimate of drug-likeness (QED) is 0.819. The van der Waals surface area contributed by atoms with E-state index in [4.69, 9.17) is 0 Å². The molecule has 1 fully saturated rings. The minimum absolute atomic E-state index is 0.251. The molecular weight excluding hydrogens is 248 g/mol. The molecule has 4 nitrogen and oxygen atoms in total. The first-order chi connectivity index (χ1) is 8.63. The van der Waals surface area contributed by atoms with Crippen molar-refractivity contribution in [1.82, 2.24) is 10.6 Å². The van der Waals surface area contributed by atoms with E-state index in [2.05, 4.69) is 10.6 Å². The molecule has 5 heteroatoms. The van der Waals surface area contributed by atoms with Crippen LogP contribution in [0.15, 0.2) is 29.2 Å². The molecule has 0 saturated heterocycles. The molecule has 1 aromatic carbocycles. The topological polar surface area (TPSA) is 58.2 Å². The summed E-state index contributed by atoms with van der Waals surface area (Å²) in [6, 6.07) is 7.82. The number of hydrogen-bond acceptors (Lipinski definition) is 3. The minimum Gasteiger partial charge on any atom is -0.335 e. The first kappa shape index (κ1) is 13.0. The number of carbonyl (C=O) groups is 2. The van der Waals surface area contributed by atoms with E-state index in [-0.39, 0.29) is 23.7 Å². The summed E-state index contributed by atoms with van der Waals surface area (Å²) in [6.07, 6.45) is 2.03. The Balaban J connectivity index is 1.70. The second-order valence-electron chi connectivity index (χ2n) is 4.40. The van der Waals surface area contributed by atoms with Crippen LogP contribution in [0.4, 0.5) is 4.79 Å². The van der Waals surface area contributed by atoms with Crippen molar-refractivity contribution in [3.8, 4) is 0 Å². The molecule has 96 valence electrons. The van der Waals surface area contributed by atoms with Gasteiger partial charge in [-0.3, -0.25) is 10.1 Å². The van der Waals surface area contributed by atoms with Gasteiger partial charge in [0.2, 0.25) is 5.91 Å². The van der Waals surface area contributed by atoms with Crippen LogP contribution in [0.5, 0.6) is 0 Å². The third kappa shape index (κ3) is 4.41. The summed E-state index contributed by atoms with van der Waals surface area (Å²) < 4.78 is 0. The predicted molar refractivity (Wildman–Crippen MR) is 71.6 cm³/mol. The zero-order valence-corrected chi connectivity index (χ0v) is 11.0. The molecule has 2 N–H and O–H groups in total. The predicted octanol–water partition coefficient (Wildman–Crippen LogP) is 2.08. The van der Waals surface area contributed by atoms with Gasteiger partial charge in [-0.25, -0.2) is 4.79 Å². The number of benzene rings is 1. The Morgan fingerprint density at radius 3 is 2.56 bits per heavy atom. The maximum Gasteiger partial charge on any atom is 0.321 e. The van der Waals surface area contributed by atoms with Crippen molar-refractivity contribution in [1.29, 1.82) is 0 Å². The molecule has 0 aliphatic heterocycles. The molecule has 0 atom stereocenters. The normalized spacial score (nSPS) is 14.1. The van der Waals surface area contributed by atoms with E-state index in [0.717, 1.165) is 17.7 Å². The third-order valence-electron chi connectivity index (χ3n) is 2.56.